The Morgan fingerprint density at radius 1 is 1.18 bits per heavy atom. The van der Waals surface area contributed by atoms with Crippen LogP contribution < -0.4 is 10.1 Å². The molecule has 0 saturated carbocycles. The lowest BCUT2D eigenvalue weighted by Gasteiger charge is -2.26. The van der Waals surface area contributed by atoms with Crippen LogP contribution in [0.2, 0.25) is 0 Å². The number of ether oxygens (including phenoxy) is 2. The van der Waals surface area contributed by atoms with Crippen molar-refractivity contribution in [3.63, 3.8) is 0 Å². The molecule has 1 aromatic heterocycles. The zero-order valence-electron chi connectivity index (χ0n) is 22.2. The molecule has 38 heavy (non-hydrogen) atoms. The van der Waals surface area contributed by atoms with Crippen LogP contribution in [0.5, 0.6) is 5.75 Å². The van der Waals surface area contributed by atoms with E-state index in [0.717, 1.165) is 37.4 Å². The lowest BCUT2D eigenvalue weighted by atomic mass is 9.96. The van der Waals surface area contributed by atoms with E-state index in [1.165, 1.54) is 19.3 Å². The Labute approximate surface area is 225 Å². The molecule has 2 heterocycles. The van der Waals surface area contributed by atoms with E-state index in [-0.39, 0.29) is 12.6 Å². The Morgan fingerprint density at radius 2 is 1.95 bits per heavy atom. The van der Waals surface area contributed by atoms with Crippen LogP contribution in [0, 0.1) is 17.2 Å². The molecule has 3 rings (SSSR count). The molecule has 1 amide bonds. The minimum atomic E-state index is -1.20. The number of piperidine rings is 1. The summed E-state index contributed by atoms with van der Waals surface area (Å²) in [6, 6.07) is 14.6. The van der Waals surface area contributed by atoms with E-state index in [1.54, 1.807) is 24.4 Å². The number of aromatic nitrogens is 1. The number of likely N-dealkylation sites (tertiary alicyclic amines) is 1. The van der Waals surface area contributed by atoms with E-state index >= 15 is 0 Å². The minimum Gasteiger partial charge on any atom is -0.492 e. The number of nitrogens with one attached hydrogen (secondary N) is 1. The van der Waals surface area contributed by atoms with Gasteiger partial charge in [-0.1, -0.05) is 38.0 Å². The molecular formula is C29H40N4O5. The van der Waals surface area contributed by atoms with E-state index in [0.29, 0.717) is 18.7 Å². The van der Waals surface area contributed by atoms with Crippen LogP contribution in [0.1, 0.15) is 62.4 Å². The van der Waals surface area contributed by atoms with Gasteiger partial charge in [-0.2, -0.15) is 5.26 Å². The van der Waals surface area contributed by atoms with Gasteiger partial charge >= 0.3 is 0 Å². The van der Waals surface area contributed by atoms with E-state index in [9.17, 15) is 15.2 Å². The average Bonchev–Trinajstić information content (AvgIpc) is 2.96. The molecule has 4 atom stereocenters. The van der Waals surface area contributed by atoms with Crippen molar-refractivity contribution >= 4 is 5.91 Å². The van der Waals surface area contributed by atoms with Crippen LogP contribution in [-0.2, 0) is 9.53 Å². The van der Waals surface area contributed by atoms with Crippen LogP contribution in [0.15, 0.2) is 48.7 Å². The van der Waals surface area contributed by atoms with Crippen molar-refractivity contribution in [2.45, 2.75) is 57.3 Å². The van der Waals surface area contributed by atoms with Crippen molar-refractivity contribution in [3.05, 3.63) is 59.9 Å². The lowest BCUT2D eigenvalue weighted by Crippen LogP contribution is -2.38. The fourth-order valence-corrected chi connectivity index (χ4v) is 4.57. The van der Waals surface area contributed by atoms with Crippen LogP contribution in [-0.4, -0.2) is 71.6 Å². The molecule has 1 saturated heterocycles. The van der Waals surface area contributed by atoms with Crippen LogP contribution in [0.3, 0.4) is 0 Å². The monoisotopic (exact) mass is 524 g/mol. The topological polar surface area (TPSA) is 128 Å². The van der Waals surface area contributed by atoms with Gasteiger partial charge in [-0.05, 0) is 62.2 Å². The zero-order valence-corrected chi connectivity index (χ0v) is 22.2. The van der Waals surface area contributed by atoms with Crippen LogP contribution in [0.25, 0.3) is 0 Å². The van der Waals surface area contributed by atoms with E-state index in [2.05, 4.69) is 21.3 Å². The first-order chi connectivity index (χ1) is 18.5. The molecule has 0 radical (unpaired) electrons. The van der Waals surface area contributed by atoms with Crippen molar-refractivity contribution < 1.29 is 24.5 Å². The fourth-order valence-electron chi connectivity index (χ4n) is 4.57. The van der Waals surface area contributed by atoms with Gasteiger partial charge < -0.3 is 25.0 Å². The minimum absolute atomic E-state index is 0.235. The Bertz CT molecular complexity index is 992. The third-order valence-corrected chi connectivity index (χ3v) is 6.68. The molecular weight excluding hydrogens is 484 g/mol. The number of nitriles is 1. The molecule has 4 unspecified atom stereocenters. The largest absolute Gasteiger partial charge is 0.492 e. The summed E-state index contributed by atoms with van der Waals surface area (Å²) in [5.41, 5.74) is 1.32. The van der Waals surface area contributed by atoms with Gasteiger partial charge in [0.15, 0.2) is 5.92 Å². The summed E-state index contributed by atoms with van der Waals surface area (Å²) >= 11 is 0. The van der Waals surface area contributed by atoms with Gasteiger partial charge in [-0.15, -0.1) is 0 Å². The predicted molar refractivity (Wildman–Crippen MR) is 143 cm³/mol. The number of amides is 1. The number of hydrogen-bond acceptors (Lipinski definition) is 8. The first-order valence-electron chi connectivity index (χ1n) is 13.5. The average molecular weight is 525 g/mol. The highest BCUT2D eigenvalue weighted by Crippen LogP contribution is 2.28. The van der Waals surface area contributed by atoms with Gasteiger partial charge in [-0.25, -0.2) is 0 Å². The maximum absolute atomic E-state index is 13.3. The number of hydrogen-bond donors (Lipinski definition) is 3. The first kappa shape index (κ1) is 29.5. The molecule has 2 aromatic rings. The molecule has 1 fully saturated rings. The summed E-state index contributed by atoms with van der Waals surface area (Å²) in [6.07, 6.45) is 4.77. The summed E-state index contributed by atoms with van der Waals surface area (Å²) in [7, 11) is 0. The van der Waals surface area contributed by atoms with Crippen LogP contribution >= 0.6 is 0 Å². The smallest absolute Gasteiger partial charge is 0.240 e. The number of aliphatic hydroxyl groups excluding tert-OH is 2. The Balaban J connectivity index is 1.65. The first-order valence-corrected chi connectivity index (χ1v) is 13.5. The standard InChI is InChI=1S/C29H40N4O5/c1-2-8-26(22-10-12-24(13-11-22)37-18-17-33-15-6-3-7-16-33)32-29(36)25(19-30)28(38-21-23(35)20-34)27-9-4-5-14-31-27/h4-5,9-14,23,25-26,28,34-35H,2-3,6-8,15-18,20-21H2,1H3,(H,32,36). The lowest BCUT2D eigenvalue weighted by molar-refractivity contribution is -0.130. The Morgan fingerprint density at radius 3 is 2.58 bits per heavy atom. The normalized spacial score (nSPS) is 17.1. The predicted octanol–water partition coefficient (Wildman–Crippen LogP) is 3.15. The number of rotatable bonds is 15. The van der Waals surface area contributed by atoms with Gasteiger partial charge in [-0.3, -0.25) is 14.7 Å². The molecule has 0 spiro atoms. The third kappa shape index (κ3) is 9.07. The van der Waals surface area contributed by atoms with Gasteiger partial charge in [0.2, 0.25) is 5.91 Å². The molecule has 1 aliphatic heterocycles. The number of benzene rings is 1. The second-order valence-electron chi connectivity index (χ2n) is 9.62. The quantitative estimate of drug-likeness (QED) is 0.324. The maximum atomic E-state index is 13.3. The van der Waals surface area contributed by atoms with Gasteiger partial charge in [0.05, 0.1) is 31.0 Å². The molecule has 0 aliphatic carbocycles. The van der Waals surface area contributed by atoms with E-state index in [4.69, 9.17) is 14.6 Å². The van der Waals surface area contributed by atoms with Crippen molar-refractivity contribution in [1.29, 1.82) is 5.26 Å². The summed E-state index contributed by atoms with van der Waals surface area (Å²) in [4.78, 5) is 20.0. The van der Waals surface area contributed by atoms with Crippen molar-refractivity contribution in [3.8, 4) is 11.8 Å². The van der Waals surface area contributed by atoms with Gasteiger partial charge in [0.25, 0.3) is 0 Å². The Kier molecular flexibility index (Phi) is 12.5. The summed E-state index contributed by atoms with van der Waals surface area (Å²) < 4.78 is 11.7. The van der Waals surface area contributed by atoms with Gasteiger partial charge in [0.1, 0.15) is 24.6 Å². The SMILES string of the molecule is CCCC(NC(=O)C(C#N)C(OCC(O)CO)c1ccccn1)c1ccc(OCCN2CCCCC2)cc1. The number of aliphatic hydroxyl groups is 2. The third-order valence-electron chi connectivity index (χ3n) is 6.68. The number of carbonyl (C=O) groups is 1. The van der Waals surface area contributed by atoms with Crippen molar-refractivity contribution in [2.75, 3.05) is 39.5 Å². The maximum Gasteiger partial charge on any atom is 0.240 e. The zero-order chi connectivity index (χ0) is 27.2. The highest BCUT2D eigenvalue weighted by Gasteiger charge is 2.33. The summed E-state index contributed by atoms with van der Waals surface area (Å²) in [6.45, 7) is 5.14. The second-order valence-corrected chi connectivity index (χ2v) is 9.62. The molecule has 0 bridgehead atoms. The summed E-state index contributed by atoms with van der Waals surface area (Å²) in [5, 5.41) is 31.9. The molecule has 9 nitrogen and oxygen atoms in total. The highest BCUT2D eigenvalue weighted by molar-refractivity contribution is 5.82. The van der Waals surface area contributed by atoms with Crippen LogP contribution in [0.4, 0.5) is 0 Å². The number of carbonyl (C=O) groups excluding carboxylic acids is 1. The van der Waals surface area contributed by atoms with Gasteiger partial charge in [0, 0.05) is 12.7 Å². The molecule has 1 aromatic carbocycles. The van der Waals surface area contributed by atoms with Crippen molar-refractivity contribution in [1.82, 2.24) is 15.2 Å². The fraction of sp³-hybridized carbons (Fsp3) is 0.552. The highest BCUT2D eigenvalue weighted by atomic mass is 16.5. The van der Waals surface area contributed by atoms with Crippen molar-refractivity contribution in [2.24, 2.45) is 5.92 Å². The number of nitrogens with zero attached hydrogens (tertiary/aromatic N) is 3. The molecule has 9 heteroatoms. The van der Waals surface area contributed by atoms with E-state index in [1.807, 2.05) is 31.2 Å². The number of pyridine rings is 1. The second kappa shape index (κ2) is 16.0. The Hall–Kier alpha value is -3.03. The summed E-state index contributed by atoms with van der Waals surface area (Å²) in [5.74, 6) is -0.900. The molecule has 1 aliphatic rings. The van der Waals surface area contributed by atoms with E-state index < -0.39 is 30.6 Å². The molecule has 206 valence electrons. The molecule has 3 N–H and O–H groups in total.